The summed E-state index contributed by atoms with van der Waals surface area (Å²) >= 11 is 0. The van der Waals surface area contributed by atoms with Crippen LogP contribution in [0, 0.1) is 23.1 Å². The third-order valence-corrected chi connectivity index (χ3v) is 3.92. The van der Waals surface area contributed by atoms with Gasteiger partial charge >= 0.3 is 0 Å². The van der Waals surface area contributed by atoms with Gasteiger partial charge in [0.1, 0.15) is 0 Å². The van der Waals surface area contributed by atoms with E-state index in [0.29, 0.717) is 19.0 Å². The lowest BCUT2D eigenvalue weighted by molar-refractivity contribution is 0.0565. The Kier molecular flexibility index (Phi) is 3.69. The number of piperidine rings is 1. The number of likely N-dealkylation sites (tertiary alicyclic amines) is 1. The summed E-state index contributed by atoms with van der Waals surface area (Å²) in [5.41, 5.74) is -0.193. The third kappa shape index (κ3) is 2.66. The topological polar surface area (TPSA) is 73.1 Å². The molecule has 3 rings (SSSR count). The molecule has 0 atom stereocenters. The van der Waals surface area contributed by atoms with Gasteiger partial charge in [-0.25, -0.2) is 14.4 Å². The highest BCUT2D eigenvalue weighted by Crippen LogP contribution is 2.21. The van der Waals surface area contributed by atoms with Crippen LogP contribution in [0.3, 0.4) is 0 Å². The van der Waals surface area contributed by atoms with Gasteiger partial charge in [-0.1, -0.05) is 0 Å². The molecule has 2 saturated heterocycles. The second kappa shape index (κ2) is 5.64. The molecule has 0 spiro atoms. The first-order valence-electron chi connectivity index (χ1n) is 7.15. The maximum atomic E-state index is 13.8. The molecule has 3 heterocycles. The average molecular weight is 289 g/mol. The number of nitrogens with zero attached hydrogens (tertiary/aromatic N) is 5. The van der Waals surface area contributed by atoms with Crippen molar-refractivity contribution in [1.82, 2.24) is 14.9 Å². The van der Waals surface area contributed by atoms with Gasteiger partial charge in [0.05, 0.1) is 18.2 Å². The number of hydrogen-bond donors (Lipinski definition) is 0. The summed E-state index contributed by atoms with van der Waals surface area (Å²) in [4.78, 5) is 23.7. The molecule has 1 aromatic heterocycles. The molecule has 2 aliphatic rings. The van der Waals surface area contributed by atoms with Crippen molar-refractivity contribution in [2.75, 3.05) is 31.1 Å². The van der Waals surface area contributed by atoms with Gasteiger partial charge in [-0.15, -0.1) is 0 Å². The van der Waals surface area contributed by atoms with Gasteiger partial charge in [-0.2, -0.15) is 5.26 Å². The van der Waals surface area contributed by atoms with Crippen molar-refractivity contribution < 1.29 is 9.18 Å². The van der Waals surface area contributed by atoms with Gasteiger partial charge in [0, 0.05) is 26.2 Å². The summed E-state index contributed by atoms with van der Waals surface area (Å²) in [5, 5.41) is 8.73. The van der Waals surface area contributed by atoms with E-state index in [2.05, 4.69) is 16.0 Å². The molecule has 1 amide bonds. The summed E-state index contributed by atoms with van der Waals surface area (Å²) in [6, 6.07) is 2.09. The van der Waals surface area contributed by atoms with Crippen molar-refractivity contribution in [3.05, 3.63) is 17.7 Å². The highest BCUT2D eigenvalue weighted by molar-refractivity contribution is 5.93. The van der Waals surface area contributed by atoms with Crippen molar-refractivity contribution in [3.8, 4) is 6.07 Å². The Morgan fingerprint density at radius 2 is 2.05 bits per heavy atom. The number of hydrogen-bond acceptors (Lipinski definition) is 5. The van der Waals surface area contributed by atoms with Gasteiger partial charge in [-0.3, -0.25) is 4.79 Å². The van der Waals surface area contributed by atoms with Crippen LogP contribution in [-0.4, -0.2) is 47.0 Å². The number of rotatable bonds is 2. The van der Waals surface area contributed by atoms with E-state index in [0.717, 1.165) is 32.1 Å². The van der Waals surface area contributed by atoms with Crippen molar-refractivity contribution >= 4 is 11.9 Å². The minimum atomic E-state index is -0.707. The van der Waals surface area contributed by atoms with E-state index in [-0.39, 0.29) is 11.6 Å². The van der Waals surface area contributed by atoms with Crippen LogP contribution in [-0.2, 0) is 0 Å². The highest BCUT2D eigenvalue weighted by atomic mass is 19.1. The first-order valence-corrected chi connectivity index (χ1v) is 7.15. The van der Waals surface area contributed by atoms with Gasteiger partial charge in [0.15, 0.2) is 11.5 Å². The SMILES string of the molecule is N#CC1CN(C(=O)c2nc(N3CCCCC3)ncc2F)C1. The largest absolute Gasteiger partial charge is 0.341 e. The number of anilines is 1. The smallest absolute Gasteiger partial charge is 0.275 e. The number of nitriles is 1. The molecule has 0 N–H and O–H groups in total. The summed E-state index contributed by atoms with van der Waals surface area (Å²) < 4.78 is 13.8. The van der Waals surface area contributed by atoms with Crippen LogP contribution in [0.5, 0.6) is 0 Å². The highest BCUT2D eigenvalue weighted by Gasteiger charge is 2.33. The zero-order valence-electron chi connectivity index (χ0n) is 11.6. The molecule has 2 aliphatic heterocycles. The van der Waals surface area contributed by atoms with Crippen molar-refractivity contribution in [3.63, 3.8) is 0 Å². The lowest BCUT2D eigenvalue weighted by Crippen LogP contribution is -2.49. The van der Waals surface area contributed by atoms with Crippen LogP contribution < -0.4 is 4.90 Å². The standard InChI is InChI=1S/C14H16FN5O/c15-11-7-17-14(19-4-2-1-3-5-19)18-12(11)13(21)20-8-10(6-16)9-20/h7,10H,1-5,8-9H2. The molecule has 0 unspecified atom stereocenters. The minimum absolute atomic E-state index is 0.152. The third-order valence-electron chi connectivity index (χ3n) is 3.92. The molecule has 0 aromatic carbocycles. The molecule has 0 aliphatic carbocycles. The zero-order valence-corrected chi connectivity index (χ0v) is 11.6. The lowest BCUT2D eigenvalue weighted by Gasteiger charge is -2.35. The van der Waals surface area contributed by atoms with Crippen molar-refractivity contribution in [1.29, 1.82) is 5.26 Å². The first kappa shape index (κ1) is 13.7. The Labute approximate surface area is 122 Å². The Morgan fingerprint density at radius 3 is 2.71 bits per heavy atom. The molecular formula is C14H16FN5O. The zero-order chi connectivity index (χ0) is 14.8. The lowest BCUT2D eigenvalue weighted by atomic mass is 10.0. The van der Waals surface area contributed by atoms with Crippen molar-refractivity contribution in [2.24, 2.45) is 5.92 Å². The van der Waals surface area contributed by atoms with E-state index in [1.807, 2.05) is 4.90 Å². The predicted molar refractivity (Wildman–Crippen MR) is 73.1 cm³/mol. The van der Waals surface area contributed by atoms with Crippen LogP contribution in [0.4, 0.5) is 10.3 Å². The van der Waals surface area contributed by atoms with E-state index in [1.165, 1.54) is 11.3 Å². The van der Waals surface area contributed by atoms with E-state index < -0.39 is 11.7 Å². The Hall–Kier alpha value is -2.23. The summed E-state index contributed by atoms with van der Waals surface area (Å²) in [6.07, 6.45) is 4.35. The number of aromatic nitrogens is 2. The Morgan fingerprint density at radius 1 is 1.33 bits per heavy atom. The fourth-order valence-corrected chi connectivity index (χ4v) is 2.63. The van der Waals surface area contributed by atoms with Gasteiger partial charge in [0.25, 0.3) is 5.91 Å². The monoisotopic (exact) mass is 289 g/mol. The molecule has 0 bridgehead atoms. The van der Waals surface area contributed by atoms with E-state index >= 15 is 0 Å². The van der Waals surface area contributed by atoms with Gasteiger partial charge in [0.2, 0.25) is 5.95 Å². The molecule has 2 fully saturated rings. The summed E-state index contributed by atoms with van der Waals surface area (Å²) in [7, 11) is 0. The fraction of sp³-hybridized carbons (Fsp3) is 0.571. The quantitative estimate of drug-likeness (QED) is 0.818. The van der Waals surface area contributed by atoms with Crippen LogP contribution >= 0.6 is 0 Å². The molecule has 0 radical (unpaired) electrons. The molecule has 7 heteroatoms. The normalized spacial score (nSPS) is 19.0. The number of carbonyl (C=O) groups is 1. The Balaban J connectivity index is 1.78. The molecule has 21 heavy (non-hydrogen) atoms. The van der Waals surface area contributed by atoms with E-state index in [9.17, 15) is 9.18 Å². The van der Waals surface area contributed by atoms with Crippen LogP contribution in [0.2, 0.25) is 0 Å². The van der Waals surface area contributed by atoms with Gasteiger partial charge < -0.3 is 9.80 Å². The van der Waals surface area contributed by atoms with Crippen LogP contribution in [0.1, 0.15) is 29.8 Å². The summed E-state index contributed by atoms with van der Waals surface area (Å²) in [5.74, 6) is -0.905. The molecule has 0 saturated carbocycles. The second-order valence-corrected chi connectivity index (χ2v) is 5.45. The number of halogens is 1. The molecular weight excluding hydrogens is 273 g/mol. The molecule has 110 valence electrons. The maximum absolute atomic E-state index is 13.8. The van der Waals surface area contributed by atoms with Crippen molar-refractivity contribution in [2.45, 2.75) is 19.3 Å². The van der Waals surface area contributed by atoms with Gasteiger partial charge in [-0.05, 0) is 19.3 Å². The predicted octanol–water partition coefficient (Wildman–Crippen LogP) is 1.20. The van der Waals surface area contributed by atoms with E-state index in [1.54, 1.807) is 0 Å². The molecule has 1 aromatic rings. The van der Waals surface area contributed by atoms with E-state index in [4.69, 9.17) is 5.26 Å². The molecule has 6 nitrogen and oxygen atoms in total. The van der Waals surface area contributed by atoms with Crippen LogP contribution in [0.25, 0.3) is 0 Å². The number of amides is 1. The Bertz CT molecular complexity index is 588. The second-order valence-electron chi connectivity index (χ2n) is 5.45. The fourth-order valence-electron chi connectivity index (χ4n) is 2.63. The first-order chi connectivity index (χ1) is 10.2. The van der Waals surface area contributed by atoms with Crippen LogP contribution in [0.15, 0.2) is 6.20 Å². The minimum Gasteiger partial charge on any atom is -0.341 e. The number of carbonyl (C=O) groups excluding carboxylic acids is 1. The average Bonchev–Trinajstić information content (AvgIpc) is 2.47. The summed E-state index contributed by atoms with van der Waals surface area (Å²) in [6.45, 7) is 2.36. The maximum Gasteiger partial charge on any atom is 0.275 e.